The summed E-state index contributed by atoms with van der Waals surface area (Å²) >= 11 is 7.87. The summed E-state index contributed by atoms with van der Waals surface area (Å²) in [6.07, 6.45) is 0. The van der Waals surface area contributed by atoms with Crippen molar-refractivity contribution in [2.45, 2.75) is 31.4 Å². The summed E-state index contributed by atoms with van der Waals surface area (Å²) in [7, 11) is 1.85. The van der Waals surface area contributed by atoms with Crippen molar-refractivity contribution in [3.63, 3.8) is 0 Å². The van der Waals surface area contributed by atoms with Crippen LogP contribution >= 0.6 is 23.4 Å². The number of rotatable bonds is 3. The number of morpholine rings is 1. The van der Waals surface area contributed by atoms with E-state index in [1.54, 1.807) is 26.2 Å². The van der Waals surface area contributed by atoms with Gasteiger partial charge in [-0.1, -0.05) is 44.5 Å². The normalized spacial score (nSPS) is 19.7. The Balaban J connectivity index is 1.81. The first-order valence-corrected chi connectivity index (χ1v) is 12.2. The van der Waals surface area contributed by atoms with Gasteiger partial charge in [0.1, 0.15) is 12.4 Å². The van der Waals surface area contributed by atoms with Gasteiger partial charge in [-0.3, -0.25) is 19.2 Å². The lowest BCUT2D eigenvalue weighted by Gasteiger charge is -2.30. The van der Waals surface area contributed by atoms with Crippen LogP contribution < -0.4 is 4.90 Å². The third kappa shape index (κ3) is 4.54. The largest absolute Gasteiger partial charge is 0.378 e. The number of hydrogen-bond acceptors (Lipinski definition) is 5. The average molecular weight is 477 g/mol. The standard InChI is InChI=1S/C23H29ClN4O3S/c1-23(2,3)21-19-20(15-6-5-7-16(24)12-15)32-14-18(30)28(22(19)26(4)25-21)13-17(29)27-8-10-31-11-9-27/h5-7,12,20H,8-11,13-14H2,1-4H3. The Kier molecular flexibility index (Phi) is 6.56. The number of nitrogens with zero attached hydrogens (tertiary/aromatic N) is 4. The molecule has 32 heavy (non-hydrogen) atoms. The zero-order chi connectivity index (χ0) is 23.0. The fourth-order valence-corrected chi connectivity index (χ4v) is 5.61. The van der Waals surface area contributed by atoms with E-state index in [2.05, 4.69) is 20.8 Å². The number of aryl methyl sites for hydroxylation is 1. The molecule has 0 N–H and O–H groups in total. The molecular formula is C23H29ClN4O3S. The molecule has 172 valence electrons. The highest BCUT2D eigenvalue weighted by atomic mass is 35.5. The Bertz CT molecular complexity index is 1030. The Hall–Kier alpha value is -2.03. The van der Waals surface area contributed by atoms with Gasteiger partial charge in [0.05, 0.1) is 29.9 Å². The zero-order valence-corrected chi connectivity index (χ0v) is 20.5. The number of anilines is 1. The molecule has 0 radical (unpaired) electrons. The average Bonchev–Trinajstić information content (AvgIpc) is 3.02. The van der Waals surface area contributed by atoms with E-state index in [-0.39, 0.29) is 34.8 Å². The molecule has 9 heteroatoms. The number of ether oxygens (including phenoxy) is 1. The molecule has 1 aromatic carbocycles. The molecule has 1 fully saturated rings. The number of hydrogen-bond donors (Lipinski definition) is 0. The molecule has 7 nitrogen and oxygen atoms in total. The molecule has 0 saturated carbocycles. The lowest BCUT2D eigenvalue weighted by Crippen LogP contribution is -2.48. The molecule has 2 aliphatic heterocycles. The number of amides is 2. The highest BCUT2D eigenvalue weighted by Crippen LogP contribution is 2.47. The minimum atomic E-state index is -0.240. The van der Waals surface area contributed by atoms with Crippen molar-refractivity contribution in [1.29, 1.82) is 0 Å². The van der Waals surface area contributed by atoms with E-state index in [1.165, 1.54) is 0 Å². The summed E-state index contributed by atoms with van der Waals surface area (Å²) in [4.78, 5) is 29.7. The van der Waals surface area contributed by atoms with Crippen molar-refractivity contribution in [3.8, 4) is 0 Å². The molecule has 1 unspecified atom stereocenters. The molecule has 1 saturated heterocycles. The van der Waals surface area contributed by atoms with Crippen LogP contribution in [0.3, 0.4) is 0 Å². The number of thioether (sulfide) groups is 1. The summed E-state index contributed by atoms with van der Waals surface area (Å²) in [6.45, 7) is 8.49. The van der Waals surface area contributed by atoms with E-state index in [4.69, 9.17) is 21.4 Å². The van der Waals surface area contributed by atoms with Gasteiger partial charge in [0, 0.05) is 36.1 Å². The molecule has 0 spiro atoms. The molecule has 0 aliphatic carbocycles. The maximum Gasteiger partial charge on any atom is 0.242 e. The second-order valence-corrected chi connectivity index (χ2v) is 10.7. The highest BCUT2D eigenvalue weighted by molar-refractivity contribution is 8.00. The van der Waals surface area contributed by atoms with Crippen molar-refractivity contribution >= 4 is 41.0 Å². The Morgan fingerprint density at radius 2 is 2.00 bits per heavy atom. The van der Waals surface area contributed by atoms with Crippen LogP contribution in [0.1, 0.15) is 42.8 Å². The van der Waals surface area contributed by atoms with Gasteiger partial charge < -0.3 is 9.64 Å². The zero-order valence-electron chi connectivity index (χ0n) is 18.9. The van der Waals surface area contributed by atoms with Crippen molar-refractivity contribution in [2.75, 3.05) is 43.5 Å². The van der Waals surface area contributed by atoms with Crippen LogP contribution in [0.4, 0.5) is 5.82 Å². The Labute approximate surface area is 198 Å². The van der Waals surface area contributed by atoms with Gasteiger partial charge in [-0.15, -0.1) is 11.8 Å². The summed E-state index contributed by atoms with van der Waals surface area (Å²) in [5, 5.41) is 5.38. The van der Waals surface area contributed by atoms with E-state index in [0.29, 0.717) is 37.1 Å². The number of carbonyl (C=O) groups excluding carboxylic acids is 2. The second-order valence-electron chi connectivity index (χ2n) is 9.18. The SMILES string of the molecule is Cn1nc(C(C)(C)C)c2c1N(CC(=O)N1CCOCC1)C(=O)CSC2c1cccc(Cl)c1. The molecule has 0 bridgehead atoms. The van der Waals surface area contributed by atoms with E-state index >= 15 is 0 Å². The van der Waals surface area contributed by atoms with Gasteiger partial charge in [-0.25, -0.2) is 0 Å². The topological polar surface area (TPSA) is 67.7 Å². The summed E-state index contributed by atoms with van der Waals surface area (Å²) in [5.74, 6) is 0.797. The number of halogens is 1. The van der Waals surface area contributed by atoms with Gasteiger partial charge in [-0.2, -0.15) is 5.10 Å². The molecule has 2 amide bonds. The summed E-state index contributed by atoms with van der Waals surface area (Å²) in [5.41, 5.74) is 2.69. The van der Waals surface area contributed by atoms with Crippen LogP contribution in [0.25, 0.3) is 0 Å². The van der Waals surface area contributed by atoms with Crippen LogP contribution in [0.15, 0.2) is 24.3 Å². The summed E-state index contributed by atoms with van der Waals surface area (Å²) in [6, 6.07) is 7.75. The summed E-state index contributed by atoms with van der Waals surface area (Å²) < 4.78 is 7.12. The third-order valence-electron chi connectivity index (χ3n) is 5.76. The quantitative estimate of drug-likeness (QED) is 0.679. The van der Waals surface area contributed by atoms with Crippen LogP contribution in [0, 0.1) is 0 Å². The third-order valence-corrected chi connectivity index (χ3v) is 7.25. The van der Waals surface area contributed by atoms with Crippen LogP contribution in [-0.4, -0.2) is 65.1 Å². The van der Waals surface area contributed by atoms with E-state index < -0.39 is 0 Å². The Morgan fingerprint density at radius 3 is 2.66 bits per heavy atom. The first-order valence-electron chi connectivity index (χ1n) is 10.8. The van der Waals surface area contributed by atoms with Crippen LogP contribution in [-0.2, 0) is 26.8 Å². The number of aromatic nitrogens is 2. The minimum Gasteiger partial charge on any atom is -0.378 e. The molecule has 2 aliphatic rings. The lowest BCUT2D eigenvalue weighted by atomic mass is 9.87. The van der Waals surface area contributed by atoms with Crippen molar-refractivity contribution in [2.24, 2.45) is 7.05 Å². The molecule has 1 aromatic heterocycles. The van der Waals surface area contributed by atoms with Crippen molar-refractivity contribution < 1.29 is 14.3 Å². The number of fused-ring (bicyclic) bond motifs is 1. The van der Waals surface area contributed by atoms with Crippen LogP contribution in [0.2, 0.25) is 5.02 Å². The monoisotopic (exact) mass is 476 g/mol. The van der Waals surface area contributed by atoms with Crippen molar-refractivity contribution in [1.82, 2.24) is 14.7 Å². The molecule has 1 atom stereocenters. The predicted molar refractivity (Wildman–Crippen MR) is 127 cm³/mol. The minimum absolute atomic E-state index is 0.00221. The van der Waals surface area contributed by atoms with Gasteiger partial charge in [0.15, 0.2) is 0 Å². The first-order chi connectivity index (χ1) is 15.2. The fraction of sp³-hybridized carbons (Fsp3) is 0.522. The maximum absolute atomic E-state index is 13.3. The lowest BCUT2D eigenvalue weighted by molar-refractivity contribution is -0.134. The molecule has 4 rings (SSSR count). The van der Waals surface area contributed by atoms with E-state index in [1.807, 2.05) is 31.3 Å². The first kappa shape index (κ1) is 23.1. The van der Waals surface area contributed by atoms with E-state index in [9.17, 15) is 9.59 Å². The molecular weight excluding hydrogens is 448 g/mol. The van der Waals surface area contributed by atoms with Gasteiger partial charge in [0.25, 0.3) is 0 Å². The van der Waals surface area contributed by atoms with Gasteiger partial charge >= 0.3 is 0 Å². The van der Waals surface area contributed by atoms with Crippen LogP contribution in [0.5, 0.6) is 0 Å². The number of benzene rings is 1. The van der Waals surface area contributed by atoms with Gasteiger partial charge in [0.2, 0.25) is 11.8 Å². The second kappa shape index (κ2) is 9.08. The fourth-order valence-electron chi connectivity index (χ4n) is 4.22. The highest BCUT2D eigenvalue weighted by Gasteiger charge is 2.39. The Morgan fingerprint density at radius 1 is 1.28 bits per heavy atom. The van der Waals surface area contributed by atoms with Gasteiger partial charge in [-0.05, 0) is 17.7 Å². The number of carbonyl (C=O) groups is 2. The predicted octanol–water partition coefficient (Wildman–Crippen LogP) is 3.40. The molecule has 2 aromatic rings. The maximum atomic E-state index is 13.3. The smallest absolute Gasteiger partial charge is 0.242 e. The van der Waals surface area contributed by atoms with E-state index in [0.717, 1.165) is 16.8 Å². The van der Waals surface area contributed by atoms with Crippen molar-refractivity contribution in [3.05, 3.63) is 46.1 Å². The molecule has 3 heterocycles.